The first-order chi connectivity index (χ1) is 6.79. The highest BCUT2D eigenvalue weighted by atomic mass is 32.2. The number of aliphatic hydroxyl groups excluding tert-OH is 1. The number of hydrogen-bond donors (Lipinski definition) is 1. The molecule has 1 aromatic rings. The van der Waals surface area contributed by atoms with Crippen molar-refractivity contribution in [3.8, 4) is 0 Å². The summed E-state index contributed by atoms with van der Waals surface area (Å²) in [6, 6.07) is 2.09. The van der Waals surface area contributed by atoms with Crippen molar-refractivity contribution in [1.82, 2.24) is 0 Å². The van der Waals surface area contributed by atoms with Crippen LogP contribution in [0.15, 0.2) is 11.4 Å². The molecule has 1 N–H and O–H groups in total. The zero-order valence-corrected chi connectivity index (χ0v) is 10.6. The van der Waals surface area contributed by atoms with E-state index in [2.05, 4.69) is 18.4 Å². The normalized spacial score (nSPS) is 24.9. The number of aliphatic hydroxyl groups is 1. The van der Waals surface area contributed by atoms with Crippen molar-refractivity contribution in [2.24, 2.45) is 0 Å². The molecule has 0 aromatic carbocycles. The van der Waals surface area contributed by atoms with Crippen molar-refractivity contribution in [1.29, 1.82) is 0 Å². The lowest BCUT2D eigenvalue weighted by Gasteiger charge is -2.25. The molecule has 2 heterocycles. The Hall–Kier alpha value is 0.360. The molecule has 1 saturated heterocycles. The molecule has 0 radical (unpaired) electrons. The number of thioether (sulfide) groups is 2. The second-order valence-corrected chi connectivity index (χ2v) is 6.84. The molecule has 0 amide bonds. The molecule has 1 aliphatic rings. The number of hydrogen-bond acceptors (Lipinski definition) is 4. The number of thiophene rings is 1. The quantitative estimate of drug-likeness (QED) is 0.866. The van der Waals surface area contributed by atoms with Gasteiger partial charge in [0.1, 0.15) is 6.10 Å². The van der Waals surface area contributed by atoms with Crippen LogP contribution < -0.4 is 0 Å². The second-order valence-electron chi connectivity index (χ2n) is 3.40. The number of rotatable bonds is 2. The van der Waals surface area contributed by atoms with E-state index < -0.39 is 0 Å². The molecule has 2 rings (SSSR count). The van der Waals surface area contributed by atoms with Crippen LogP contribution in [0.3, 0.4) is 0 Å². The molecule has 1 fully saturated rings. The maximum absolute atomic E-state index is 10.2. The molecule has 78 valence electrons. The van der Waals surface area contributed by atoms with Crippen LogP contribution in [0.25, 0.3) is 0 Å². The van der Waals surface area contributed by atoms with Crippen molar-refractivity contribution < 1.29 is 5.11 Å². The van der Waals surface area contributed by atoms with E-state index in [1.807, 2.05) is 23.5 Å². The van der Waals surface area contributed by atoms with Gasteiger partial charge in [-0.1, -0.05) is 0 Å². The largest absolute Gasteiger partial charge is 0.386 e. The summed E-state index contributed by atoms with van der Waals surface area (Å²) in [5.41, 5.74) is 1.23. The van der Waals surface area contributed by atoms with Gasteiger partial charge in [-0.2, -0.15) is 23.5 Å². The predicted molar refractivity (Wildman–Crippen MR) is 67.6 cm³/mol. The average molecular weight is 246 g/mol. The van der Waals surface area contributed by atoms with Gasteiger partial charge in [-0.05, 0) is 23.9 Å². The van der Waals surface area contributed by atoms with Gasteiger partial charge in [0.2, 0.25) is 0 Å². The standard InChI is InChI=1S/C10H14OS3/c1-7-2-3-14-10(7)9(11)8-6-12-4-5-13-8/h2-3,8-9,11H,4-6H2,1H3. The molecule has 1 aliphatic heterocycles. The van der Waals surface area contributed by atoms with E-state index in [4.69, 9.17) is 0 Å². The van der Waals surface area contributed by atoms with E-state index in [0.29, 0.717) is 5.25 Å². The molecule has 0 bridgehead atoms. The summed E-state index contributed by atoms with van der Waals surface area (Å²) >= 11 is 5.55. The Morgan fingerprint density at radius 1 is 1.50 bits per heavy atom. The van der Waals surface area contributed by atoms with Crippen LogP contribution in [0.1, 0.15) is 16.5 Å². The molecule has 0 aliphatic carbocycles. The topological polar surface area (TPSA) is 20.2 Å². The summed E-state index contributed by atoms with van der Waals surface area (Å²) in [7, 11) is 0. The minimum atomic E-state index is -0.257. The lowest BCUT2D eigenvalue weighted by Crippen LogP contribution is -2.22. The van der Waals surface area contributed by atoms with Crippen LogP contribution in [0.4, 0.5) is 0 Å². The molecule has 0 spiro atoms. The summed E-state index contributed by atoms with van der Waals surface area (Å²) in [6.07, 6.45) is -0.257. The first-order valence-electron chi connectivity index (χ1n) is 4.70. The van der Waals surface area contributed by atoms with Crippen LogP contribution in [0, 0.1) is 6.92 Å². The minimum absolute atomic E-state index is 0.257. The summed E-state index contributed by atoms with van der Waals surface area (Å²) in [5.74, 6) is 3.50. The fourth-order valence-corrected chi connectivity index (χ4v) is 5.34. The summed E-state index contributed by atoms with van der Waals surface area (Å²) in [5, 5.41) is 12.6. The van der Waals surface area contributed by atoms with Crippen LogP contribution >= 0.6 is 34.9 Å². The van der Waals surface area contributed by atoms with Crippen LogP contribution in [-0.2, 0) is 0 Å². The van der Waals surface area contributed by atoms with E-state index in [9.17, 15) is 5.11 Å². The van der Waals surface area contributed by atoms with E-state index in [0.717, 1.165) is 10.6 Å². The molecular formula is C10H14OS3. The van der Waals surface area contributed by atoms with Gasteiger partial charge in [0.15, 0.2) is 0 Å². The molecule has 1 aromatic heterocycles. The van der Waals surface area contributed by atoms with E-state index >= 15 is 0 Å². The highest BCUT2D eigenvalue weighted by Crippen LogP contribution is 2.36. The van der Waals surface area contributed by atoms with Crippen molar-refractivity contribution in [2.45, 2.75) is 18.3 Å². The Kier molecular flexibility index (Phi) is 3.82. The third-order valence-corrected chi connectivity index (χ3v) is 6.30. The van der Waals surface area contributed by atoms with Crippen LogP contribution in [0.5, 0.6) is 0 Å². The molecule has 0 saturated carbocycles. The minimum Gasteiger partial charge on any atom is -0.386 e. The van der Waals surface area contributed by atoms with Crippen LogP contribution in [0.2, 0.25) is 0 Å². The molecule has 4 heteroatoms. The van der Waals surface area contributed by atoms with Gasteiger partial charge in [-0.25, -0.2) is 0 Å². The SMILES string of the molecule is Cc1ccsc1C(O)C1CSCCS1. The predicted octanol–water partition coefficient (Wildman–Crippen LogP) is 2.94. The monoisotopic (exact) mass is 246 g/mol. The van der Waals surface area contributed by atoms with Gasteiger partial charge in [0, 0.05) is 27.4 Å². The third-order valence-electron chi connectivity index (χ3n) is 2.36. The maximum Gasteiger partial charge on any atom is 0.101 e. The zero-order chi connectivity index (χ0) is 9.97. The maximum atomic E-state index is 10.2. The molecule has 2 unspecified atom stereocenters. The Balaban J connectivity index is 2.07. The van der Waals surface area contributed by atoms with Gasteiger partial charge < -0.3 is 5.11 Å². The zero-order valence-electron chi connectivity index (χ0n) is 8.10. The Morgan fingerprint density at radius 2 is 2.36 bits per heavy atom. The van der Waals surface area contributed by atoms with Crippen molar-refractivity contribution in [2.75, 3.05) is 17.3 Å². The highest BCUT2D eigenvalue weighted by Gasteiger charge is 2.25. The first-order valence-corrected chi connectivity index (χ1v) is 7.79. The second kappa shape index (κ2) is 4.92. The first kappa shape index (κ1) is 10.9. The molecule has 2 atom stereocenters. The van der Waals surface area contributed by atoms with Gasteiger partial charge in [0.05, 0.1) is 0 Å². The van der Waals surface area contributed by atoms with Crippen molar-refractivity contribution in [3.63, 3.8) is 0 Å². The Labute approximate surface area is 97.3 Å². The summed E-state index contributed by atoms with van der Waals surface area (Å²) in [6.45, 7) is 2.08. The van der Waals surface area contributed by atoms with Crippen molar-refractivity contribution >= 4 is 34.9 Å². The Morgan fingerprint density at radius 3 is 2.93 bits per heavy atom. The number of aryl methyl sites for hydroxylation is 1. The summed E-state index contributed by atoms with van der Waals surface area (Å²) in [4.78, 5) is 1.16. The highest BCUT2D eigenvalue weighted by molar-refractivity contribution is 8.06. The van der Waals surface area contributed by atoms with Crippen molar-refractivity contribution in [3.05, 3.63) is 21.9 Å². The molecule has 14 heavy (non-hydrogen) atoms. The fraction of sp³-hybridized carbons (Fsp3) is 0.600. The lowest BCUT2D eigenvalue weighted by atomic mass is 10.1. The molecule has 1 nitrogen and oxygen atoms in total. The smallest absolute Gasteiger partial charge is 0.101 e. The summed E-state index contributed by atoms with van der Waals surface area (Å²) < 4.78 is 0. The third kappa shape index (κ3) is 2.30. The van der Waals surface area contributed by atoms with Crippen LogP contribution in [-0.4, -0.2) is 27.6 Å². The van der Waals surface area contributed by atoms with E-state index in [1.54, 1.807) is 11.3 Å². The van der Waals surface area contributed by atoms with Gasteiger partial charge in [0.25, 0.3) is 0 Å². The van der Waals surface area contributed by atoms with Gasteiger partial charge in [-0.15, -0.1) is 11.3 Å². The average Bonchev–Trinajstić information content (AvgIpc) is 2.65. The van der Waals surface area contributed by atoms with E-state index in [-0.39, 0.29) is 6.10 Å². The van der Waals surface area contributed by atoms with E-state index in [1.165, 1.54) is 17.1 Å². The van der Waals surface area contributed by atoms with Gasteiger partial charge in [-0.3, -0.25) is 0 Å². The molecular weight excluding hydrogens is 232 g/mol. The van der Waals surface area contributed by atoms with Gasteiger partial charge >= 0.3 is 0 Å². The Bertz CT molecular complexity index is 291. The lowest BCUT2D eigenvalue weighted by molar-refractivity contribution is 0.183. The fourth-order valence-electron chi connectivity index (χ4n) is 1.54.